The summed E-state index contributed by atoms with van der Waals surface area (Å²) < 4.78 is 3.81. The molecule has 10 nitrogen and oxygen atoms in total. The Labute approximate surface area is 192 Å². The Bertz CT molecular complexity index is 1210. The molecular formula is C23H27N9O. The molecule has 0 bridgehead atoms. The molecule has 3 heterocycles. The zero-order chi connectivity index (χ0) is 23.2. The van der Waals surface area contributed by atoms with Crippen LogP contribution >= 0.6 is 0 Å². The molecular weight excluding hydrogens is 418 g/mol. The molecule has 0 fully saturated rings. The van der Waals surface area contributed by atoms with Gasteiger partial charge >= 0.3 is 0 Å². The lowest BCUT2D eigenvalue weighted by Gasteiger charge is -2.11. The molecule has 0 atom stereocenters. The summed E-state index contributed by atoms with van der Waals surface area (Å²) in [5, 5.41) is 19.1. The molecule has 1 aromatic carbocycles. The van der Waals surface area contributed by atoms with E-state index < -0.39 is 0 Å². The van der Waals surface area contributed by atoms with Crippen LogP contribution in [-0.4, -0.2) is 40.4 Å². The molecule has 4 rings (SSSR count). The molecule has 0 unspecified atom stereocenters. The van der Waals surface area contributed by atoms with Gasteiger partial charge in [-0.05, 0) is 36.2 Å². The predicted octanol–water partition coefficient (Wildman–Crippen LogP) is 2.67. The number of hydrogen-bond acceptors (Lipinski definition) is 7. The molecule has 10 heteroatoms. The van der Waals surface area contributed by atoms with Crippen molar-refractivity contribution >= 4 is 11.6 Å². The Morgan fingerprint density at radius 3 is 2.76 bits per heavy atom. The molecule has 0 spiro atoms. The van der Waals surface area contributed by atoms with E-state index in [1.165, 1.54) is 6.33 Å². The highest BCUT2D eigenvalue weighted by molar-refractivity contribution is 5.95. The number of carbonyl (C=O) groups excluding carboxylic acids is 1. The van der Waals surface area contributed by atoms with Crippen molar-refractivity contribution in [2.45, 2.75) is 33.5 Å². The van der Waals surface area contributed by atoms with Crippen LogP contribution in [0.5, 0.6) is 0 Å². The summed E-state index contributed by atoms with van der Waals surface area (Å²) in [6, 6.07) is 11.1. The average Bonchev–Trinajstić information content (AvgIpc) is 3.42. The van der Waals surface area contributed by atoms with Crippen LogP contribution in [0.2, 0.25) is 0 Å². The third-order valence-corrected chi connectivity index (χ3v) is 5.12. The van der Waals surface area contributed by atoms with Crippen LogP contribution in [0.15, 0.2) is 55.1 Å². The van der Waals surface area contributed by atoms with Crippen LogP contribution in [-0.2, 0) is 26.7 Å². The highest BCUT2D eigenvalue weighted by Gasteiger charge is 2.12. The second-order valence-electron chi connectivity index (χ2n) is 8.11. The van der Waals surface area contributed by atoms with E-state index in [1.54, 1.807) is 24.5 Å². The SMILES string of the molecule is CC(C)Cn1nccc1CNC(=O)c1cccc(NCc2nnc(-c3ccncn3)n2C)c1. The Morgan fingerprint density at radius 1 is 1.09 bits per heavy atom. The fourth-order valence-electron chi connectivity index (χ4n) is 3.41. The second kappa shape index (κ2) is 10.0. The van der Waals surface area contributed by atoms with Crippen LogP contribution in [0, 0.1) is 5.92 Å². The molecule has 1 amide bonds. The van der Waals surface area contributed by atoms with Gasteiger partial charge in [-0.2, -0.15) is 5.10 Å². The first-order valence-corrected chi connectivity index (χ1v) is 10.8. The molecule has 0 aliphatic carbocycles. The van der Waals surface area contributed by atoms with Gasteiger partial charge in [-0.15, -0.1) is 10.2 Å². The van der Waals surface area contributed by atoms with E-state index in [2.05, 4.69) is 49.7 Å². The molecule has 2 N–H and O–H groups in total. The zero-order valence-electron chi connectivity index (χ0n) is 18.9. The summed E-state index contributed by atoms with van der Waals surface area (Å²) in [5.74, 6) is 1.75. The first-order valence-electron chi connectivity index (χ1n) is 10.8. The fourth-order valence-corrected chi connectivity index (χ4v) is 3.41. The Balaban J connectivity index is 1.37. The normalized spacial score (nSPS) is 11.0. The van der Waals surface area contributed by atoms with Crippen molar-refractivity contribution in [3.8, 4) is 11.5 Å². The third-order valence-electron chi connectivity index (χ3n) is 5.12. The zero-order valence-corrected chi connectivity index (χ0v) is 18.9. The number of rotatable bonds is 9. The number of anilines is 1. The monoisotopic (exact) mass is 445 g/mol. The first-order chi connectivity index (χ1) is 16.0. The maximum absolute atomic E-state index is 12.7. The van der Waals surface area contributed by atoms with Gasteiger partial charge in [0.05, 0.1) is 18.8 Å². The fraction of sp³-hybridized carbons (Fsp3) is 0.304. The Hall–Kier alpha value is -4.08. The first kappa shape index (κ1) is 22.1. The van der Waals surface area contributed by atoms with Crippen LogP contribution in [0.25, 0.3) is 11.5 Å². The highest BCUT2D eigenvalue weighted by Crippen LogP contribution is 2.16. The molecule has 0 saturated heterocycles. The minimum Gasteiger partial charge on any atom is -0.378 e. The lowest BCUT2D eigenvalue weighted by Crippen LogP contribution is -2.25. The molecule has 3 aromatic heterocycles. The van der Waals surface area contributed by atoms with E-state index in [4.69, 9.17) is 0 Å². The average molecular weight is 446 g/mol. The standard InChI is InChI=1S/C23H27N9O/c1-16(2)14-32-19(7-10-28-32)12-26-23(33)17-5-4-6-18(11-17)25-13-21-29-30-22(31(21)3)20-8-9-24-15-27-20/h4-11,15-16,25H,12-14H2,1-3H3,(H,26,33). The number of carbonyl (C=O) groups is 1. The number of amides is 1. The third kappa shape index (κ3) is 5.40. The van der Waals surface area contributed by atoms with E-state index in [0.717, 1.165) is 23.8 Å². The predicted molar refractivity (Wildman–Crippen MR) is 124 cm³/mol. The van der Waals surface area contributed by atoms with Crippen molar-refractivity contribution in [2.75, 3.05) is 5.32 Å². The van der Waals surface area contributed by atoms with Gasteiger partial charge in [0.1, 0.15) is 12.0 Å². The van der Waals surface area contributed by atoms with Gasteiger partial charge in [0.2, 0.25) is 0 Å². The highest BCUT2D eigenvalue weighted by atomic mass is 16.1. The van der Waals surface area contributed by atoms with Gasteiger partial charge in [0, 0.05) is 37.2 Å². The van der Waals surface area contributed by atoms with Gasteiger partial charge in [-0.1, -0.05) is 19.9 Å². The quantitative estimate of drug-likeness (QED) is 0.407. The summed E-state index contributed by atoms with van der Waals surface area (Å²) >= 11 is 0. The van der Waals surface area contributed by atoms with Crippen LogP contribution in [0.3, 0.4) is 0 Å². The summed E-state index contributed by atoms with van der Waals surface area (Å²) in [4.78, 5) is 20.9. The smallest absolute Gasteiger partial charge is 0.251 e. The Morgan fingerprint density at radius 2 is 1.97 bits per heavy atom. The van der Waals surface area contributed by atoms with Gasteiger partial charge in [0.25, 0.3) is 5.91 Å². The van der Waals surface area contributed by atoms with Gasteiger partial charge < -0.3 is 15.2 Å². The van der Waals surface area contributed by atoms with Gasteiger partial charge in [-0.3, -0.25) is 9.48 Å². The summed E-state index contributed by atoms with van der Waals surface area (Å²) in [5.41, 5.74) is 3.08. The molecule has 4 aromatic rings. The van der Waals surface area contributed by atoms with Gasteiger partial charge in [0.15, 0.2) is 11.6 Å². The van der Waals surface area contributed by atoms with Gasteiger partial charge in [-0.25, -0.2) is 9.97 Å². The van der Waals surface area contributed by atoms with Crippen LogP contribution in [0.1, 0.15) is 35.7 Å². The Kier molecular flexibility index (Phi) is 6.72. The number of nitrogens with one attached hydrogen (secondary N) is 2. The van der Waals surface area contributed by atoms with Crippen molar-refractivity contribution in [1.82, 2.24) is 39.8 Å². The van der Waals surface area contributed by atoms with E-state index in [0.29, 0.717) is 36.1 Å². The largest absolute Gasteiger partial charge is 0.378 e. The van der Waals surface area contributed by atoms with E-state index in [9.17, 15) is 4.79 Å². The lowest BCUT2D eigenvalue weighted by molar-refractivity contribution is 0.0950. The van der Waals surface area contributed by atoms with Crippen molar-refractivity contribution in [2.24, 2.45) is 13.0 Å². The summed E-state index contributed by atoms with van der Waals surface area (Å²) in [6.07, 6.45) is 4.91. The van der Waals surface area contributed by atoms with Crippen LogP contribution in [0.4, 0.5) is 5.69 Å². The molecule has 0 aliphatic rings. The number of nitrogens with zero attached hydrogens (tertiary/aromatic N) is 7. The van der Waals surface area contributed by atoms with E-state index in [-0.39, 0.29) is 5.91 Å². The molecule has 0 radical (unpaired) electrons. The molecule has 170 valence electrons. The summed E-state index contributed by atoms with van der Waals surface area (Å²) in [7, 11) is 1.89. The minimum atomic E-state index is -0.138. The van der Waals surface area contributed by atoms with E-state index >= 15 is 0 Å². The molecule has 0 saturated carbocycles. The molecule has 0 aliphatic heterocycles. The minimum absolute atomic E-state index is 0.138. The molecule has 33 heavy (non-hydrogen) atoms. The maximum Gasteiger partial charge on any atom is 0.251 e. The van der Waals surface area contributed by atoms with Crippen molar-refractivity contribution in [3.63, 3.8) is 0 Å². The van der Waals surface area contributed by atoms with E-state index in [1.807, 2.05) is 40.6 Å². The number of aromatic nitrogens is 7. The topological polar surface area (TPSA) is 115 Å². The second-order valence-corrected chi connectivity index (χ2v) is 8.11. The maximum atomic E-state index is 12.7. The van der Waals surface area contributed by atoms with Crippen molar-refractivity contribution in [3.05, 3.63) is 72.2 Å². The van der Waals surface area contributed by atoms with Crippen molar-refractivity contribution < 1.29 is 4.79 Å². The van der Waals surface area contributed by atoms with Crippen LogP contribution < -0.4 is 10.6 Å². The lowest BCUT2D eigenvalue weighted by atomic mass is 10.2. The number of hydrogen-bond donors (Lipinski definition) is 2. The van der Waals surface area contributed by atoms with Crippen molar-refractivity contribution in [1.29, 1.82) is 0 Å². The number of benzene rings is 1. The summed E-state index contributed by atoms with van der Waals surface area (Å²) in [6.45, 7) is 5.97.